The Kier molecular flexibility index (Phi) is 56.3. The zero-order valence-electron chi connectivity index (χ0n) is 52.3. The van der Waals surface area contributed by atoms with E-state index in [0.717, 1.165) is 103 Å². The van der Waals surface area contributed by atoms with Crippen molar-refractivity contribution in [2.24, 2.45) is 0 Å². The van der Waals surface area contributed by atoms with Gasteiger partial charge in [-0.15, -0.1) is 0 Å². The molecular weight excluding hydrogens is 1000 g/mol. The van der Waals surface area contributed by atoms with Gasteiger partial charge in [0.05, 0.1) is 33.8 Å². The van der Waals surface area contributed by atoms with Crippen LogP contribution in [0.5, 0.6) is 0 Å². The number of phosphoric acid groups is 1. The predicted molar refractivity (Wildman–Crippen MR) is 341 cm³/mol. The number of unbranched alkanes of at least 4 members (excludes halogenated alkanes) is 31. The zero-order chi connectivity index (χ0) is 57.9. The smallest absolute Gasteiger partial charge is 0.456 e. The first-order valence-electron chi connectivity index (χ1n) is 32.9. The molecule has 3 atom stereocenters. The van der Waals surface area contributed by atoms with Crippen LogP contribution in [-0.2, 0) is 27.9 Å². The number of carbonyl (C=O) groups is 2. The largest absolute Gasteiger partial charge is 0.472 e. The van der Waals surface area contributed by atoms with Crippen molar-refractivity contribution in [2.75, 3.05) is 40.9 Å². The van der Waals surface area contributed by atoms with Crippen molar-refractivity contribution in [3.63, 3.8) is 0 Å². The molecule has 0 fully saturated rings. The van der Waals surface area contributed by atoms with Gasteiger partial charge in [0.2, 0.25) is 5.91 Å². The van der Waals surface area contributed by atoms with E-state index in [9.17, 15) is 19.0 Å². The standard InChI is InChI=1S/C69H125N2O7P/c1-7-10-13-16-19-22-25-27-29-31-33-35-37-39-41-43-46-49-52-55-58-61-68(72)70-66(65-77-79(74,75)76-64-63-71(4,5)6)67(60-57-54-51-48-45-24-21-18-15-12-9-3)78-69(73)62-59-56-53-50-47-44-42-40-38-36-34-32-30-28-26-23-20-17-14-11-8-2/h11,14,20,23,27-30,34,36,40,42,57,60,66-67H,7-10,12-13,15-19,21-22,24-26,31-33,35,37-39,41,43-56,58-59,61-65H2,1-6H3,(H-,70,72,74,75)/p+1/b14-11-,23-20-,29-27+,30-28-,36-34-,42-40-,60-57+. The fourth-order valence-electron chi connectivity index (χ4n) is 9.26. The third-order valence-corrected chi connectivity index (χ3v) is 15.3. The third kappa shape index (κ3) is 59.6. The maximum atomic E-state index is 13.6. The molecule has 0 saturated carbocycles. The summed E-state index contributed by atoms with van der Waals surface area (Å²) < 4.78 is 30.7. The number of amides is 1. The second-order valence-electron chi connectivity index (χ2n) is 23.3. The van der Waals surface area contributed by atoms with Crippen molar-refractivity contribution in [3.05, 3.63) is 85.1 Å². The lowest BCUT2D eigenvalue weighted by Crippen LogP contribution is -2.47. The van der Waals surface area contributed by atoms with Crippen LogP contribution < -0.4 is 5.32 Å². The van der Waals surface area contributed by atoms with Crippen LogP contribution in [0, 0.1) is 0 Å². The summed E-state index contributed by atoms with van der Waals surface area (Å²) in [6.45, 7) is 6.89. The summed E-state index contributed by atoms with van der Waals surface area (Å²) in [5.41, 5.74) is 0. The molecular formula is C69H126N2O7P+. The van der Waals surface area contributed by atoms with Crippen LogP contribution in [0.2, 0.25) is 0 Å². The number of carbonyl (C=O) groups excluding carboxylic acids is 2. The highest BCUT2D eigenvalue weighted by Gasteiger charge is 2.30. The highest BCUT2D eigenvalue weighted by atomic mass is 31.2. The summed E-state index contributed by atoms with van der Waals surface area (Å²) in [7, 11) is 1.48. The molecule has 458 valence electrons. The number of nitrogens with one attached hydrogen (secondary N) is 1. The van der Waals surface area contributed by atoms with E-state index < -0.39 is 20.0 Å². The SMILES string of the molecule is CC/C=C\C/C=C\C/C=C\C/C=C\C/C=C\CCCCCCCC(=O)OC(/C=C/CCCCCCCCCCC)C(COP(=O)(O)OCC[N+](C)(C)C)NC(=O)CCCCCCCCCCCCC/C=C/CCCCCCCC. The van der Waals surface area contributed by atoms with Gasteiger partial charge < -0.3 is 19.4 Å². The summed E-state index contributed by atoms with van der Waals surface area (Å²) in [5.74, 6) is -0.525. The molecule has 0 rings (SSSR count). The Bertz CT molecular complexity index is 1630. The van der Waals surface area contributed by atoms with Gasteiger partial charge in [-0.3, -0.25) is 18.6 Å². The van der Waals surface area contributed by atoms with Crippen molar-refractivity contribution >= 4 is 19.7 Å². The zero-order valence-corrected chi connectivity index (χ0v) is 53.2. The van der Waals surface area contributed by atoms with Gasteiger partial charge in [-0.1, -0.05) is 260 Å². The van der Waals surface area contributed by atoms with Crippen LogP contribution in [0.4, 0.5) is 0 Å². The first kappa shape index (κ1) is 76.2. The summed E-state index contributed by atoms with van der Waals surface area (Å²) in [5, 5.41) is 3.06. The monoisotopic (exact) mass is 1130 g/mol. The Hall–Kier alpha value is -2.81. The van der Waals surface area contributed by atoms with Gasteiger partial charge in [-0.05, 0) is 102 Å². The number of likely N-dealkylation sites (N-methyl/N-ethyl adjacent to an activating group) is 1. The van der Waals surface area contributed by atoms with Crippen LogP contribution in [0.1, 0.15) is 290 Å². The number of allylic oxidation sites excluding steroid dienone is 13. The van der Waals surface area contributed by atoms with E-state index in [4.69, 9.17) is 13.8 Å². The Morgan fingerprint density at radius 2 is 0.810 bits per heavy atom. The van der Waals surface area contributed by atoms with Gasteiger partial charge >= 0.3 is 13.8 Å². The van der Waals surface area contributed by atoms with Crippen molar-refractivity contribution in [2.45, 2.75) is 303 Å². The molecule has 0 saturated heterocycles. The van der Waals surface area contributed by atoms with Gasteiger partial charge in [-0.25, -0.2) is 4.57 Å². The molecule has 0 aliphatic heterocycles. The molecule has 0 aromatic rings. The summed E-state index contributed by atoms with van der Waals surface area (Å²) >= 11 is 0. The second-order valence-corrected chi connectivity index (χ2v) is 24.7. The minimum Gasteiger partial charge on any atom is -0.456 e. The van der Waals surface area contributed by atoms with E-state index in [0.29, 0.717) is 23.9 Å². The average molecular weight is 1130 g/mol. The lowest BCUT2D eigenvalue weighted by Gasteiger charge is -2.27. The first-order chi connectivity index (χ1) is 38.4. The Balaban J connectivity index is 5.18. The van der Waals surface area contributed by atoms with Gasteiger partial charge in [0.1, 0.15) is 19.3 Å². The number of nitrogens with zero attached hydrogens (tertiary/aromatic N) is 1. The third-order valence-electron chi connectivity index (χ3n) is 14.3. The van der Waals surface area contributed by atoms with E-state index in [1.165, 1.54) is 148 Å². The highest BCUT2D eigenvalue weighted by Crippen LogP contribution is 2.43. The topological polar surface area (TPSA) is 111 Å². The molecule has 0 aliphatic carbocycles. The number of hydrogen-bond donors (Lipinski definition) is 2. The molecule has 0 bridgehead atoms. The Labute approximate surface area is 488 Å². The second kappa shape index (κ2) is 58.4. The van der Waals surface area contributed by atoms with Crippen molar-refractivity contribution in [1.29, 1.82) is 0 Å². The molecule has 3 unspecified atom stereocenters. The minimum atomic E-state index is -4.46. The molecule has 79 heavy (non-hydrogen) atoms. The van der Waals surface area contributed by atoms with E-state index in [1.54, 1.807) is 0 Å². The Morgan fingerprint density at radius 3 is 1.23 bits per heavy atom. The molecule has 10 heteroatoms. The van der Waals surface area contributed by atoms with Crippen LogP contribution in [-0.4, -0.2) is 74.3 Å². The quantitative estimate of drug-likeness (QED) is 0.0205. The van der Waals surface area contributed by atoms with Gasteiger partial charge in [0.15, 0.2) is 0 Å². The fraction of sp³-hybridized carbons (Fsp3) is 0.768. The highest BCUT2D eigenvalue weighted by molar-refractivity contribution is 7.47. The molecule has 1 amide bonds. The van der Waals surface area contributed by atoms with Crippen molar-refractivity contribution in [1.82, 2.24) is 5.32 Å². The number of rotatable bonds is 59. The fourth-order valence-corrected chi connectivity index (χ4v) is 9.99. The van der Waals surface area contributed by atoms with Crippen molar-refractivity contribution in [3.8, 4) is 0 Å². The van der Waals surface area contributed by atoms with E-state index in [1.807, 2.05) is 33.3 Å². The van der Waals surface area contributed by atoms with E-state index in [2.05, 4.69) is 99.0 Å². The lowest BCUT2D eigenvalue weighted by atomic mass is 10.0. The number of quaternary nitrogens is 1. The van der Waals surface area contributed by atoms with Crippen LogP contribution >= 0.6 is 7.82 Å². The normalized spacial score (nSPS) is 14.2. The molecule has 0 aliphatic rings. The van der Waals surface area contributed by atoms with Gasteiger partial charge in [0, 0.05) is 12.8 Å². The lowest BCUT2D eigenvalue weighted by molar-refractivity contribution is -0.870. The molecule has 0 aromatic carbocycles. The number of hydrogen-bond acceptors (Lipinski definition) is 6. The van der Waals surface area contributed by atoms with Crippen molar-refractivity contribution < 1.29 is 37.3 Å². The average Bonchev–Trinajstić information content (AvgIpc) is 3.41. The van der Waals surface area contributed by atoms with Gasteiger partial charge in [0.25, 0.3) is 0 Å². The molecule has 0 aromatic heterocycles. The van der Waals surface area contributed by atoms with Crippen LogP contribution in [0.3, 0.4) is 0 Å². The van der Waals surface area contributed by atoms with E-state index in [-0.39, 0.29) is 31.5 Å². The summed E-state index contributed by atoms with van der Waals surface area (Å²) in [6, 6.07) is -0.861. The number of esters is 1. The molecule has 2 N–H and O–H groups in total. The maximum Gasteiger partial charge on any atom is 0.472 e. The number of phosphoric ester groups is 1. The Morgan fingerprint density at radius 1 is 0.456 bits per heavy atom. The molecule has 0 spiro atoms. The van der Waals surface area contributed by atoms with Crippen LogP contribution in [0.25, 0.3) is 0 Å². The minimum absolute atomic E-state index is 0.0340. The molecule has 0 radical (unpaired) electrons. The van der Waals surface area contributed by atoms with Crippen LogP contribution in [0.15, 0.2) is 85.1 Å². The summed E-state index contributed by atoms with van der Waals surface area (Å²) in [4.78, 5) is 37.8. The van der Waals surface area contributed by atoms with E-state index >= 15 is 0 Å². The predicted octanol–water partition coefficient (Wildman–Crippen LogP) is 20.6. The molecule has 0 heterocycles. The first-order valence-corrected chi connectivity index (χ1v) is 34.4. The summed E-state index contributed by atoms with van der Waals surface area (Å²) in [6.07, 6.45) is 77.3. The van der Waals surface area contributed by atoms with Gasteiger partial charge in [-0.2, -0.15) is 0 Å². The molecule has 9 nitrogen and oxygen atoms in total. The maximum absolute atomic E-state index is 13.6. The number of ether oxygens (including phenoxy) is 1.